The van der Waals surface area contributed by atoms with Gasteiger partial charge in [0.25, 0.3) is 15.9 Å². The summed E-state index contributed by atoms with van der Waals surface area (Å²) in [4.78, 5) is 26.5. The molecule has 0 aromatic heterocycles. The van der Waals surface area contributed by atoms with Crippen molar-refractivity contribution in [3.8, 4) is 0 Å². The summed E-state index contributed by atoms with van der Waals surface area (Å²) in [6, 6.07) is 14.2. The lowest BCUT2D eigenvalue weighted by Crippen LogP contribution is -2.35. The fraction of sp³-hybridized carbons (Fsp3) is 0.200. The van der Waals surface area contributed by atoms with E-state index in [4.69, 9.17) is 0 Å². The fourth-order valence-electron chi connectivity index (χ4n) is 3.57. The zero-order valence-electron chi connectivity index (χ0n) is 19.3. The van der Waals surface area contributed by atoms with Crippen molar-refractivity contribution in [2.45, 2.75) is 25.7 Å². The molecule has 9 heteroatoms. The van der Waals surface area contributed by atoms with Crippen LogP contribution in [-0.2, 0) is 14.8 Å². The van der Waals surface area contributed by atoms with Gasteiger partial charge in [0.15, 0.2) is 0 Å². The summed E-state index contributed by atoms with van der Waals surface area (Å²) in [6.07, 6.45) is 0. The number of amides is 2. The highest BCUT2D eigenvalue weighted by Crippen LogP contribution is 2.22. The zero-order valence-corrected chi connectivity index (χ0v) is 20.2. The highest BCUT2D eigenvalue weighted by Gasteiger charge is 2.19. The summed E-state index contributed by atoms with van der Waals surface area (Å²) in [5, 5.41) is 2.85. The predicted octanol–water partition coefficient (Wildman–Crippen LogP) is 4.26. The number of carbonyl (C=O) groups is 2. The Morgan fingerprint density at radius 3 is 2.03 bits per heavy atom. The van der Waals surface area contributed by atoms with Crippen molar-refractivity contribution < 1.29 is 22.4 Å². The Morgan fingerprint density at radius 2 is 1.47 bits per heavy atom. The number of anilines is 2. The summed E-state index contributed by atoms with van der Waals surface area (Å²) in [5.41, 5.74) is 4.14. The smallest absolute Gasteiger partial charge is 0.261 e. The number of hydrogen-bond donors (Lipinski definition) is 2. The monoisotopic (exact) mass is 483 g/mol. The molecule has 0 bridgehead atoms. The molecule has 0 fully saturated rings. The Morgan fingerprint density at radius 1 is 0.912 bits per heavy atom. The number of benzene rings is 3. The van der Waals surface area contributed by atoms with Crippen LogP contribution in [0.15, 0.2) is 65.6 Å². The maximum Gasteiger partial charge on any atom is 0.261 e. The Labute approximate surface area is 198 Å². The molecule has 178 valence electrons. The standard InChI is InChI=1S/C25H26FN3O4S/c1-16-13-17(2)24(18(3)14-16)27-23(30)15-29(4)25(31)19-5-11-22(12-6-19)34(32,33)28-21-9-7-20(26)8-10-21/h5-14,28H,15H2,1-4H3,(H,27,30). The van der Waals surface area contributed by atoms with Gasteiger partial charge in [-0.1, -0.05) is 17.7 Å². The van der Waals surface area contributed by atoms with Gasteiger partial charge in [-0.25, -0.2) is 12.8 Å². The van der Waals surface area contributed by atoms with Crippen molar-refractivity contribution in [1.82, 2.24) is 4.90 Å². The number of likely N-dealkylation sites (N-methyl/N-ethyl adjacent to an activating group) is 1. The van der Waals surface area contributed by atoms with Crippen molar-refractivity contribution >= 4 is 33.2 Å². The molecular formula is C25H26FN3O4S. The first-order valence-corrected chi connectivity index (χ1v) is 12.0. The first kappa shape index (κ1) is 24.9. The maximum absolute atomic E-state index is 13.0. The average Bonchev–Trinajstić information content (AvgIpc) is 2.77. The van der Waals surface area contributed by atoms with Crippen LogP contribution in [0, 0.1) is 26.6 Å². The molecule has 3 aromatic carbocycles. The highest BCUT2D eigenvalue weighted by atomic mass is 32.2. The van der Waals surface area contributed by atoms with E-state index in [0.717, 1.165) is 34.5 Å². The lowest BCUT2D eigenvalue weighted by molar-refractivity contribution is -0.116. The molecule has 0 saturated carbocycles. The summed E-state index contributed by atoms with van der Waals surface area (Å²) in [5.74, 6) is -1.25. The van der Waals surface area contributed by atoms with Gasteiger partial charge in [-0.15, -0.1) is 0 Å². The third-order valence-electron chi connectivity index (χ3n) is 5.18. The molecular weight excluding hydrogens is 457 g/mol. The van der Waals surface area contributed by atoms with Gasteiger partial charge in [0, 0.05) is 24.0 Å². The molecule has 0 saturated heterocycles. The lowest BCUT2D eigenvalue weighted by Gasteiger charge is -2.19. The van der Waals surface area contributed by atoms with Gasteiger partial charge in [0.1, 0.15) is 5.82 Å². The fourth-order valence-corrected chi connectivity index (χ4v) is 4.63. The second-order valence-electron chi connectivity index (χ2n) is 8.12. The summed E-state index contributed by atoms with van der Waals surface area (Å²) < 4.78 is 40.5. The highest BCUT2D eigenvalue weighted by molar-refractivity contribution is 7.92. The molecule has 0 aliphatic rings. The quantitative estimate of drug-likeness (QED) is 0.525. The van der Waals surface area contributed by atoms with Crippen LogP contribution < -0.4 is 10.0 Å². The van der Waals surface area contributed by atoms with Gasteiger partial charge in [0.05, 0.1) is 11.4 Å². The number of halogens is 1. The van der Waals surface area contributed by atoms with Crippen LogP contribution in [0.4, 0.5) is 15.8 Å². The molecule has 0 radical (unpaired) electrons. The third-order valence-corrected chi connectivity index (χ3v) is 6.57. The van der Waals surface area contributed by atoms with E-state index in [9.17, 15) is 22.4 Å². The molecule has 3 aromatic rings. The number of nitrogens with zero attached hydrogens (tertiary/aromatic N) is 1. The molecule has 0 aliphatic carbocycles. The van der Waals surface area contributed by atoms with E-state index < -0.39 is 21.7 Å². The molecule has 2 N–H and O–H groups in total. The van der Waals surface area contributed by atoms with Crippen molar-refractivity contribution in [2.75, 3.05) is 23.6 Å². The molecule has 7 nitrogen and oxygen atoms in total. The lowest BCUT2D eigenvalue weighted by atomic mass is 10.1. The van der Waals surface area contributed by atoms with E-state index in [1.165, 1.54) is 48.3 Å². The Hall–Kier alpha value is -3.72. The zero-order chi connectivity index (χ0) is 25.0. The van der Waals surface area contributed by atoms with Crippen molar-refractivity contribution in [1.29, 1.82) is 0 Å². The third kappa shape index (κ3) is 5.99. The van der Waals surface area contributed by atoms with Crippen LogP contribution in [0.3, 0.4) is 0 Å². The Balaban J connectivity index is 1.65. The van der Waals surface area contributed by atoms with Crippen LogP contribution in [0.25, 0.3) is 0 Å². The average molecular weight is 484 g/mol. The van der Waals surface area contributed by atoms with E-state index in [-0.39, 0.29) is 28.6 Å². The molecule has 0 atom stereocenters. The summed E-state index contributed by atoms with van der Waals surface area (Å²) >= 11 is 0. The van der Waals surface area contributed by atoms with E-state index in [1.54, 1.807) is 0 Å². The molecule has 0 aliphatic heterocycles. The number of sulfonamides is 1. The van der Waals surface area contributed by atoms with Crippen LogP contribution in [0.5, 0.6) is 0 Å². The normalized spacial score (nSPS) is 11.1. The van der Waals surface area contributed by atoms with Gasteiger partial charge in [-0.05, 0) is 80.4 Å². The van der Waals surface area contributed by atoms with Crippen molar-refractivity contribution in [3.63, 3.8) is 0 Å². The molecule has 0 spiro atoms. The van der Waals surface area contributed by atoms with Crippen molar-refractivity contribution in [3.05, 3.63) is 88.7 Å². The molecule has 2 amide bonds. The molecule has 3 rings (SSSR count). The van der Waals surface area contributed by atoms with E-state index >= 15 is 0 Å². The van der Waals surface area contributed by atoms with Crippen LogP contribution >= 0.6 is 0 Å². The number of nitrogens with one attached hydrogen (secondary N) is 2. The molecule has 34 heavy (non-hydrogen) atoms. The van der Waals surface area contributed by atoms with E-state index in [1.807, 2.05) is 32.9 Å². The minimum atomic E-state index is -3.92. The SMILES string of the molecule is Cc1cc(C)c(NC(=O)CN(C)C(=O)c2ccc(S(=O)(=O)Nc3ccc(F)cc3)cc2)c(C)c1. The van der Waals surface area contributed by atoms with Crippen molar-refractivity contribution in [2.24, 2.45) is 0 Å². The number of carbonyl (C=O) groups excluding carboxylic acids is 2. The van der Waals surface area contributed by atoms with Gasteiger partial charge in [-0.2, -0.15) is 0 Å². The van der Waals surface area contributed by atoms with Crippen LogP contribution in [0.2, 0.25) is 0 Å². The minimum absolute atomic E-state index is 0.0564. The second-order valence-corrected chi connectivity index (χ2v) is 9.80. The molecule has 0 heterocycles. The first-order chi connectivity index (χ1) is 16.0. The van der Waals surface area contributed by atoms with E-state index in [0.29, 0.717) is 0 Å². The first-order valence-electron chi connectivity index (χ1n) is 10.5. The number of aryl methyl sites for hydroxylation is 3. The predicted molar refractivity (Wildman–Crippen MR) is 130 cm³/mol. The summed E-state index contributed by atoms with van der Waals surface area (Å²) in [6.45, 7) is 5.63. The topological polar surface area (TPSA) is 95.6 Å². The Kier molecular flexibility index (Phi) is 7.36. The van der Waals surface area contributed by atoms with Crippen LogP contribution in [-0.4, -0.2) is 38.7 Å². The van der Waals surface area contributed by atoms with E-state index in [2.05, 4.69) is 10.0 Å². The number of hydrogen-bond acceptors (Lipinski definition) is 4. The Bertz CT molecular complexity index is 1300. The van der Waals surface area contributed by atoms with Gasteiger partial charge in [-0.3, -0.25) is 14.3 Å². The number of rotatable bonds is 7. The van der Waals surface area contributed by atoms with Gasteiger partial charge < -0.3 is 10.2 Å². The second kappa shape index (κ2) is 10.0. The van der Waals surface area contributed by atoms with Crippen LogP contribution in [0.1, 0.15) is 27.0 Å². The summed E-state index contributed by atoms with van der Waals surface area (Å²) in [7, 11) is -2.42. The molecule has 0 unspecified atom stereocenters. The van der Waals surface area contributed by atoms with Gasteiger partial charge >= 0.3 is 0 Å². The maximum atomic E-state index is 13.0. The van der Waals surface area contributed by atoms with Gasteiger partial charge in [0.2, 0.25) is 5.91 Å². The minimum Gasteiger partial charge on any atom is -0.332 e. The largest absolute Gasteiger partial charge is 0.332 e.